The zero-order valence-corrected chi connectivity index (χ0v) is 12.7. The second-order valence-corrected chi connectivity index (χ2v) is 5.63. The van der Waals surface area contributed by atoms with E-state index in [1.807, 2.05) is 47.1 Å². The number of nitrogens with one attached hydrogen (secondary N) is 1. The van der Waals surface area contributed by atoms with Crippen molar-refractivity contribution in [1.29, 1.82) is 0 Å². The normalized spacial score (nSPS) is 11.2. The molecule has 4 rings (SSSR count). The Hall–Kier alpha value is -2.59. The molecule has 0 bridgehead atoms. The first-order valence-electron chi connectivity index (χ1n) is 6.96. The topological polar surface area (TPSA) is 46.0 Å². The zero-order chi connectivity index (χ0) is 15.1. The Bertz CT molecular complexity index is 968. The molecule has 0 atom stereocenters. The number of halogens is 1. The number of hydrogen-bond acceptors (Lipinski definition) is 2. The molecule has 4 nitrogen and oxygen atoms in total. The van der Waals surface area contributed by atoms with Crippen LogP contribution in [0.2, 0.25) is 5.02 Å². The predicted octanol–water partition coefficient (Wildman–Crippen LogP) is 4.35. The van der Waals surface area contributed by atoms with Crippen LogP contribution in [0.3, 0.4) is 0 Å². The third-order valence-corrected chi connectivity index (χ3v) is 4.00. The minimum absolute atomic E-state index is 0.729. The lowest BCUT2D eigenvalue weighted by Gasteiger charge is -2.05. The monoisotopic (exact) mass is 308 g/mol. The summed E-state index contributed by atoms with van der Waals surface area (Å²) in [5, 5.41) is 4.92. The van der Waals surface area contributed by atoms with Crippen LogP contribution < -0.4 is 0 Å². The molecule has 0 unspecified atom stereocenters. The zero-order valence-electron chi connectivity index (χ0n) is 11.9. The molecule has 108 valence electrons. The minimum atomic E-state index is 0.729. The van der Waals surface area contributed by atoms with Crippen molar-refractivity contribution in [3.8, 4) is 22.6 Å². The standard InChI is InChI=1S/C17H13ClN4/c1-11-4-5-12(18)9-13(11)14-6-7-15(21-14)17-16-3-2-8-22(16)20-10-19-17/h2-10,21H,1H3. The van der Waals surface area contributed by atoms with Crippen LogP contribution in [0.25, 0.3) is 28.2 Å². The molecule has 0 aliphatic carbocycles. The Morgan fingerprint density at radius 2 is 1.95 bits per heavy atom. The molecule has 0 aliphatic heterocycles. The van der Waals surface area contributed by atoms with Crippen molar-refractivity contribution in [2.75, 3.05) is 0 Å². The van der Waals surface area contributed by atoms with E-state index in [-0.39, 0.29) is 0 Å². The van der Waals surface area contributed by atoms with Crippen LogP contribution in [-0.2, 0) is 0 Å². The van der Waals surface area contributed by atoms with E-state index >= 15 is 0 Å². The second-order valence-electron chi connectivity index (χ2n) is 5.19. The Morgan fingerprint density at radius 1 is 1.09 bits per heavy atom. The maximum atomic E-state index is 6.12. The number of benzene rings is 1. The van der Waals surface area contributed by atoms with E-state index in [1.165, 1.54) is 5.56 Å². The van der Waals surface area contributed by atoms with Crippen molar-refractivity contribution in [2.24, 2.45) is 0 Å². The fourth-order valence-electron chi connectivity index (χ4n) is 2.65. The van der Waals surface area contributed by atoms with Gasteiger partial charge in [0.2, 0.25) is 0 Å². The number of hydrogen-bond donors (Lipinski definition) is 1. The van der Waals surface area contributed by atoms with E-state index in [0.717, 1.165) is 33.2 Å². The minimum Gasteiger partial charge on any atom is -0.353 e. The molecule has 3 heterocycles. The van der Waals surface area contributed by atoms with Gasteiger partial charge in [0, 0.05) is 22.5 Å². The molecule has 0 radical (unpaired) electrons. The summed E-state index contributed by atoms with van der Waals surface area (Å²) in [6, 6.07) is 13.9. The molecular formula is C17H13ClN4. The van der Waals surface area contributed by atoms with Gasteiger partial charge in [-0.3, -0.25) is 0 Å². The van der Waals surface area contributed by atoms with Crippen LogP contribution in [0.4, 0.5) is 0 Å². The van der Waals surface area contributed by atoms with Crippen LogP contribution in [0.1, 0.15) is 5.56 Å². The number of fused-ring (bicyclic) bond motifs is 1. The summed E-state index contributed by atoms with van der Waals surface area (Å²) in [6.07, 6.45) is 3.47. The summed E-state index contributed by atoms with van der Waals surface area (Å²) in [7, 11) is 0. The van der Waals surface area contributed by atoms with E-state index in [0.29, 0.717) is 0 Å². The fourth-order valence-corrected chi connectivity index (χ4v) is 2.82. The summed E-state index contributed by atoms with van der Waals surface area (Å²) in [5.74, 6) is 0. The highest BCUT2D eigenvalue weighted by Crippen LogP contribution is 2.29. The number of nitrogens with zero attached hydrogens (tertiary/aromatic N) is 3. The summed E-state index contributed by atoms with van der Waals surface area (Å²) < 4.78 is 1.81. The molecule has 1 aromatic carbocycles. The smallest absolute Gasteiger partial charge is 0.137 e. The highest BCUT2D eigenvalue weighted by atomic mass is 35.5. The van der Waals surface area contributed by atoms with E-state index in [1.54, 1.807) is 6.33 Å². The quantitative estimate of drug-likeness (QED) is 0.598. The largest absolute Gasteiger partial charge is 0.353 e. The molecule has 0 fully saturated rings. The number of aromatic amines is 1. The summed E-state index contributed by atoms with van der Waals surface area (Å²) in [5.41, 5.74) is 6.11. The van der Waals surface area contributed by atoms with Gasteiger partial charge in [0.1, 0.15) is 12.0 Å². The lowest BCUT2D eigenvalue weighted by Crippen LogP contribution is -1.94. The first-order chi connectivity index (χ1) is 10.7. The van der Waals surface area contributed by atoms with Crippen LogP contribution in [-0.4, -0.2) is 19.6 Å². The summed E-state index contributed by atoms with van der Waals surface area (Å²) in [6.45, 7) is 2.07. The van der Waals surface area contributed by atoms with Gasteiger partial charge >= 0.3 is 0 Å². The van der Waals surface area contributed by atoms with Gasteiger partial charge in [0.15, 0.2) is 0 Å². The van der Waals surface area contributed by atoms with Gasteiger partial charge in [-0.25, -0.2) is 9.50 Å². The van der Waals surface area contributed by atoms with Gasteiger partial charge in [0.05, 0.1) is 11.2 Å². The number of aromatic nitrogens is 4. The molecule has 22 heavy (non-hydrogen) atoms. The molecule has 0 aliphatic rings. The van der Waals surface area contributed by atoms with Crippen LogP contribution in [0.5, 0.6) is 0 Å². The molecule has 1 N–H and O–H groups in total. The van der Waals surface area contributed by atoms with Crippen molar-refractivity contribution >= 4 is 17.1 Å². The number of aryl methyl sites for hydroxylation is 1. The first-order valence-corrected chi connectivity index (χ1v) is 7.34. The van der Waals surface area contributed by atoms with Gasteiger partial charge < -0.3 is 4.98 Å². The van der Waals surface area contributed by atoms with Crippen LogP contribution >= 0.6 is 11.6 Å². The van der Waals surface area contributed by atoms with Crippen molar-refractivity contribution in [2.45, 2.75) is 6.92 Å². The van der Waals surface area contributed by atoms with E-state index < -0.39 is 0 Å². The molecule has 0 spiro atoms. The first kappa shape index (κ1) is 13.1. The lowest BCUT2D eigenvalue weighted by atomic mass is 10.1. The van der Waals surface area contributed by atoms with Gasteiger partial charge in [0.25, 0.3) is 0 Å². The van der Waals surface area contributed by atoms with Gasteiger partial charge in [-0.05, 0) is 48.9 Å². The Morgan fingerprint density at radius 3 is 2.86 bits per heavy atom. The van der Waals surface area contributed by atoms with Crippen molar-refractivity contribution < 1.29 is 0 Å². The van der Waals surface area contributed by atoms with Gasteiger partial charge in [-0.2, -0.15) is 5.10 Å². The average molecular weight is 309 g/mol. The van der Waals surface area contributed by atoms with Crippen LogP contribution in [0, 0.1) is 6.92 Å². The maximum Gasteiger partial charge on any atom is 0.137 e. The number of H-pyrrole nitrogens is 1. The maximum absolute atomic E-state index is 6.12. The fraction of sp³-hybridized carbons (Fsp3) is 0.0588. The second kappa shape index (κ2) is 5.00. The van der Waals surface area contributed by atoms with E-state index in [4.69, 9.17) is 11.6 Å². The Balaban J connectivity index is 1.85. The van der Waals surface area contributed by atoms with Crippen LogP contribution in [0.15, 0.2) is 55.0 Å². The average Bonchev–Trinajstić information content (AvgIpc) is 3.17. The van der Waals surface area contributed by atoms with E-state index in [2.05, 4.69) is 28.1 Å². The Labute approximate surface area is 132 Å². The highest BCUT2D eigenvalue weighted by molar-refractivity contribution is 6.30. The summed E-state index contributed by atoms with van der Waals surface area (Å²) >= 11 is 6.12. The van der Waals surface area contributed by atoms with Gasteiger partial charge in [-0.1, -0.05) is 17.7 Å². The molecule has 0 amide bonds. The molecular weight excluding hydrogens is 296 g/mol. The molecule has 5 heteroatoms. The molecule has 4 aromatic rings. The molecule has 0 saturated heterocycles. The third-order valence-electron chi connectivity index (χ3n) is 3.76. The van der Waals surface area contributed by atoms with Crippen molar-refractivity contribution in [3.05, 3.63) is 65.6 Å². The predicted molar refractivity (Wildman–Crippen MR) is 88.0 cm³/mol. The van der Waals surface area contributed by atoms with E-state index in [9.17, 15) is 0 Å². The van der Waals surface area contributed by atoms with Crippen molar-refractivity contribution in [1.82, 2.24) is 19.6 Å². The van der Waals surface area contributed by atoms with Gasteiger partial charge in [-0.15, -0.1) is 0 Å². The third kappa shape index (κ3) is 2.09. The lowest BCUT2D eigenvalue weighted by molar-refractivity contribution is 0.905. The SMILES string of the molecule is Cc1ccc(Cl)cc1-c1ccc(-c2ncnn3cccc23)[nH]1. The summed E-state index contributed by atoms with van der Waals surface area (Å²) in [4.78, 5) is 7.84. The van der Waals surface area contributed by atoms with Crippen molar-refractivity contribution in [3.63, 3.8) is 0 Å². The molecule has 0 saturated carbocycles. The number of rotatable bonds is 2. The Kier molecular flexibility index (Phi) is 2.98. The highest BCUT2D eigenvalue weighted by Gasteiger charge is 2.10. The molecule has 3 aromatic heterocycles.